The molecule has 0 aromatic heterocycles. The average molecular weight is 360 g/mol. The SMILES string of the molecule is NC#CCC1CCNCC1.NC#CCN1CCC(O)(C(F)(F)F)CC1. The molecule has 0 aromatic rings. The van der Waals surface area contributed by atoms with E-state index in [1.165, 1.54) is 12.8 Å². The van der Waals surface area contributed by atoms with E-state index in [-0.39, 0.29) is 25.9 Å². The van der Waals surface area contributed by atoms with Crippen LogP contribution >= 0.6 is 0 Å². The van der Waals surface area contributed by atoms with Crippen LogP contribution < -0.4 is 16.8 Å². The molecule has 2 aliphatic heterocycles. The van der Waals surface area contributed by atoms with Gasteiger partial charge in [0.1, 0.15) is 0 Å². The first kappa shape index (κ1) is 21.4. The van der Waals surface area contributed by atoms with E-state index in [4.69, 9.17) is 11.5 Å². The van der Waals surface area contributed by atoms with Crippen LogP contribution in [0.3, 0.4) is 0 Å². The van der Waals surface area contributed by atoms with Crippen molar-refractivity contribution in [3.05, 3.63) is 0 Å². The molecule has 0 unspecified atom stereocenters. The zero-order valence-corrected chi connectivity index (χ0v) is 14.3. The lowest BCUT2D eigenvalue weighted by Gasteiger charge is -2.38. The van der Waals surface area contributed by atoms with E-state index in [1.54, 1.807) is 4.90 Å². The van der Waals surface area contributed by atoms with Crippen molar-refractivity contribution in [3.8, 4) is 23.9 Å². The summed E-state index contributed by atoms with van der Waals surface area (Å²) in [5, 5.41) is 12.7. The monoisotopic (exact) mass is 360 g/mol. The molecule has 0 radical (unpaired) electrons. The van der Waals surface area contributed by atoms with E-state index >= 15 is 0 Å². The summed E-state index contributed by atoms with van der Waals surface area (Å²) < 4.78 is 37.2. The minimum absolute atomic E-state index is 0.185. The fraction of sp³-hybridized carbons (Fsp3) is 0.765. The summed E-state index contributed by atoms with van der Waals surface area (Å²) in [5.41, 5.74) is 7.49. The van der Waals surface area contributed by atoms with Gasteiger partial charge in [-0.15, -0.1) is 0 Å². The molecule has 8 heteroatoms. The lowest BCUT2D eigenvalue weighted by molar-refractivity contribution is -0.272. The second-order valence-electron chi connectivity index (χ2n) is 6.35. The van der Waals surface area contributed by atoms with Gasteiger partial charge in [0.05, 0.1) is 6.54 Å². The van der Waals surface area contributed by atoms with Crippen LogP contribution in [0.5, 0.6) is 0 Å². The number of alkyl halides is 3. The standard InChI is InChI=1S/C9H13F3N2O.C8H14N2/c10-9(11,12)8(15)2-6-14(7-3-8)5-1-4-13;9-5-1-2-8-3-6-10-7-4-8/h15H,2-3,5-7,13H2;8,10H,2-4,6-7,9H2. The van der Waals surface area contributed by atoms with E-state index in [0.29, 0.717) is 6.54 Å². The van der Waals surface area contributed by atoms with Crippen molar-refractivity contribution in [2.24, 2.45) is 17.4 Å². The van der Waals surface area contributed by atoms with Crippen LogP contribution in [0, 0.1) is 29.8 Å². The summed E-state index contributed by atoms with van der Waals surface area (Å²) in [6.07, 6.45) is -1.65. The highest BCUT2D eigenvalue weighted by molar-refractivity contribution is 4.99. The molecule has 0 saturated carbocycles. The first-order chi connectivity index (χ1) is 11.8. The number of aliphatic hydroxyl groups is 1. The fourth-order valence-electron chi connectivity index (χ4n) is 2.81. The number of likely N-dealkylation sites (tertiary alicyclic amines) is 1. The molecule has 2 aliphatic rings. The lowest BCUT2D eigenvalue weighted by atomic mass is 9.91. The van der Waals surface area contributed by atoms with Gasteiger partial charge in [0.25, 0.3) is 0 Å². The Bertz CT molecular complexity index is 502. The maximum Gasteiger partial charge on any atom is 0.417 e. The predicted octanol–water partition coefficient (Wildman–Crippen LogP) is 0.591. The molecule has 0 aromatic carbocycles. The maximum atomic E-state index is 12.4. The zero-order chi connectivity index (χ0) is 18.8. The van der Waals surface area contributed by atoms with Crippen LogP contribution in [0.1, 0.15) is 32.1 Å². The maximum absolute atomic E-state index is 12.4. The minimum Gasteiger partial charge on any atom is -0.380 e. The molecule has 0 aliphatic carbocycles. The number of nitrogens with zero attached hydrogens (tertiary/aromatic N) is 1. The van der Waals surface area contributed by atoms with Crippen LogP contribution in [-0.2, 0) is 0 Å². The summed E-state index contributed by atoms with van der Waals surface area (Å²) >= 11 is 0. The van der Waals surface area contributed by atoms with Crippen LogP contribution in [0.15, 0.2) is 0 Å². The molecule has 0 bridgehead atoms. The molecule has 5 nitrogen and oxygen atoms in total. The van der Waals surface area contributed by atoms with Gasteiger partial charge < -0.3 is 21.9 Å². The molecule has 142 valence electrons. The van der Waals surface area contributed by atoms with Gasteiger partial charge in [-0.05, 0) is 44.7 Å². The number of halogens is 3. The van der Waals surface area contributed by atoms with Crippen molar-refractivity contribution in [1.82, 2.24) is 10.2 Å². The summed E-state index contributed by atoms with van der Waals surface area (Å²) in [4.78, 5) is 1.74. The van der Waals surface area contributed by atoms with E-state index in [2.05, 4.69) is 29.2 Å². The molecule has 6 N–H and O–H groups in total. The molecule has 25 heavy (non-hydrogen) atoms. The van der Waals surface area contributed by atoms with E-state index < -0.39 is 11.8 Å². The van der Waals surface area contributed by atoms with Crippen molar-refractivity contribution in [2.45, 2.75) is 43.9 Å². The van der Waals surface area contributed by atoms with Gasteiger partial charge in [0, 0.05) is 31.6 Å². The Morgan fingerprint density at radius 2 is 1.64 bits per heavy atom. The first-order valence-electron chi connectivity index (χ1n) is 8.41. The van der Waals surface area contributed by atoms with E-state index in [1.807, 2.05) is 0 Å². The quantitative estimate of drug-likeness (QED) is 0.428. The Labute approximate surface area is 147 Å². The van der Waals surface area contributed by atoms with E-state index in [9.17, 15) is 18.3 Å². The Balaban J connectivity index is 0.000000271. The number of nitrogens with one attached hydrogen (secondary N) is 1. The molecule has 2 rings (SSSR count). The first-order valence-corrected chi connectivity index (χ1v) is 8.41. The number of piperidine rings is 2. The summed E-state index contributed by atoms with van der Waals surface area (Å²) in [5.74, 6) is 6.28. The number of nitrogens with two attached hydrogens (primary N) is 2. The molecule has 0 atom stereocenters. The molecule has 0 spiro atoms. The smallest absolute Gasteiger partial charge is 0.380 e. The summed E-state index contributed by atoms with van der Waals surface area (Å²) in [7, 11) is 0. The number of hydrogen-bond donors (Lipinski definition) is 4. The van der Waals surface area contributed by atoms with Gasteiger partial charge in [0.2, 0.25) is 0 Å². The molecule has 2 fully saturated rings. The Kier molecular flexibility index (Phi) is 8.91. The van der Waals surface area contributed by atoms with Gasteiger partial charge in [-0.3, -0.25) is 4.90 Å². The van der Waals surface area contributed by atoms with Gasteiger partial charge in [0.15, 0.2) is 5.60 Å². The largest absolute Gasteiger partial charge is 0.417 e. The number of rotatable bonds is 2. The lowest BCUT2D eigenvalue weighted by Crippen LogP contribution is -2.53. The Morgan fingerprint density at radius 3 is 2.12 bits per heavy atom. The highest BCUT2D eigenvalue weighted by Crippen LogP contribution is 2.38. The summed E-state index contributed by atoms with van der Waals surface area (Å²) in [6, 6.07) is 4.63. The van der Waals surface area contributed by atoms with Crippen molar-refractivity contribution in [2.75, 3.05) is 32.7 Å². The fourth-order valence-corrected chi connectivity index (χ4v) is 2.81. The second-order valence-corrected chi connectivity index (χ2v) is 6.35. The van der Waals surface area contributed by atoms with Crippen LogP contribution in [0.2, 0.25) is 0 Å². The van der Waals surface area contributed by atoms with Gasteiger partial charge >= 0.3 is 6.18 Å². The Hall–Kier alpha value is -1.61. The minimum atomic E-state index is -4.54. The van der Waals surface area contributed by atoms with Crippen molar-refractivity contribution < 1.29 is 18.3 Å². The van der Waals surface area contributed by atoms with Crippen molar-refractivity contribution >= 4 is 0 Å². The van der Waals surface area contributed by atoms with Crippen molar-refractivity contribution in [1.29, 1.82) is 0 Å². The van der Waals surface area contributed by atoms with E-state index in [0.717, 1.165) is 25.4 Å². The van der Waals surface area contributed by atoms with Crippen LogP contribution in [0.4, 0.5) is 13.2 Å². The predicted molar refractivity (Wildman–Crippen MR) is 90.8 cm³/mol. The third-order valence-electron chi connectivity index (χ3n) is 4.57. The second kappa shape index (κ2) is 10.4. The molecule has 2 saturated heterocycles. The van der Waals surface area contributed by atoms with Gasteiger partial charge in [-0.1, -0.05) is 11.8 Å². The molecular formula is C17H27F3N4O. The average Bonchev–Trinajstić information content (AvgIpc) is 2.60. The highest BCUT2D eigenvalue weighted by Gasteiger charge is 2.54. The molecule has 2 heterocycles. The van der Waals surface area contributed by atoms with Crippen LogP contribution in [0.25, 0.3) is 0 Å². The van der Waals surface area contributed by atoms with Gasteiger partial charge in [-0.2, -0.15) is 13.2 Å². The third kappa shape index (κ3) is 7.43. The third-order valence-corrected chi connectivity index (χ3v) is 4.57. The normalized spacial score (nSPS) is 21.0. The topological polar surface area (TPSA) is 87.5 Å². The molecule has 0 amide bonds. The van der Waals surface area contributed by atoms with Crippen molar-refractivity contribution in [3.63, 3.8) is 0 Å². The summed E-state index contributed by atoms with van der Waals surface area (Å²) in [6.45, 7) is 3.02. The van der Waals surface area contributed by atoms with Crippen LogP contribution in [-0.4, -0.2) is 54.5 Å². The van der Waals surface area contributed by atoms with Gasteiger partial charge in [-0.25, -0.2) is 0 Å². The number of hydrogen-bond acceptors (Lipinski definition) is 5. The zero-order valence-electron chi connectivity index (χ0n) is 14.3. The Morgan fingerprint density at radius 1 is 1.08 bits per heavy atom. The highest BCUT2D eigenvalue weighted by atomic mass is 19.4. The molecular weight excluding hydrogens is 333 g/mol.